The molecule has 0 unspecified atom stereocenters. The van der Waals surface area contributed by atoms with Gasteiger partial charge in [-0.25, -0.2) is 0 Å². The second-order valence-corrected chi connectivity index (χ2v) is 3.33. The van der Waals surface area contributed by atoms with Crippen LogP contribution in [0.3, 0.4) is 0 Å². The molecule has 1 heteroatoms. The van der Waals surface area contributed by atoms with Gasteiger partial charge in [-0.1, -0.05) is 31.2 Å². The lowest BCUT2D eigenvalue weighted by molar-refractivity contribution is 0.473. The van der Waals surface area contributed by atoms with Gasteiger partial charge < -0.3 is 0 Å². The van der Waals surface area contributed by atoms with Crippen LogP contribution in [0.1, 0.15) is 25.7 Å². The van der Waals surface area contributed by atoms with Gasteiger partial charge in [-0.05, 0) is 25.2 Å². The van der Waals surface area contributed by atoms with Crippen molar-refractivity contribution < 1.29 is 0 Å². The van der Waals surface area contributed by atoms with E-state index in [2.05, 4.69) is 18.7 Å². The van der Waals surface area contributed by atoms with Crippen molar-refractivity contribution >= 4 is 0 Å². The number of allylic oxidation sites excluding steroid dienone is 3. The third-order valence-electron chi connectivity index (χ3n) is 2.54. The first kappa shape index (κ1) is 9.06. The molecule has 1 nitrogen and oxygen atoms in total. The average molecular weight is 161 g/mol. The summed E-state index contributed by atoms with van der Waals surface area (Å²) < 4.78 is 0. The van der Waals surface area contributed by atoms with Crippen molar-refractivity contribution in [3.63, 3.8) is 0 Å². The molecule has 0 radical (unpaired) electrons. The zero-order valence-corrected chi connectivity index (χ0v) is 7.37. The highest BCUT2D eigenvalue weighted by Gasteiger charge is 2.25. The van der Waals surface area contributed by atoms with Crippen molar-refractivity contribution in [1.82, 2.24) is 0 Å². The summed E-state index contributed by atoms with van der Waals surface area (Å²) in [6.45, 7) is 3.61. The summed E-state index contributed by atoms with van der Waals surface area (Å²) >= 11 is 0. The van der Waals surface area contributed by atoms with Crippen molar-refractivity contribution in [3.05, 3.63) is 24.8 Å². The molecule has 12 heavy (non-hydrogen) atoms. The molecule has 0 spiro atoms. The van der Waals surface area contributed by atoms with E-state index < -0.39 is 0 Å². The monoisotopic (exact) mass is 161 g/mol. The lowest BCUT2D eigenvalue weighted by Crippen LogP contribution is -2.03. The molecule has 0 aromatic carbocycles. The minimum absolute atomic E-state index is 0.305. The van der Waals surface area contributed by atoms with Crippen LogP contribution in [0.25, 0.3) is 0 Å². The Hall–Kier alpha value is -1.03. The smallest absolute Gasteiger partial charge is 0.0658 e. The number of hydrogen-bond acceptors (Lipinski definition) is 1. The molecule has 0 heterocycles. The Bertz CT molecular complexity index is 210. The van der Waals surface area contributed by atoms with Crippen LogP contribution in [-0.2, 0) is 0 Å². The van der Waals surface area contributed by atoms with Gasteiger partial charge in [-0.2, -0.15) is 5.26 Å². The van der Waals surface area contributed by atoms with Gasteiger partial charge in [0, 0.05) is 5.92 Å². The first-order chi connectivity index (χ1) is 5.88. The fourth-order valence-corrected chi connectivity index (χ4v) is 1.84. The van der Waals surface area contributed by atoms with Crippen LogP contribution in [0.5, 0.6) is 0 Å². The first-order valence-electron chi connectivity index (χ1n) is 4.55. The van der Waals surface area contributed by atoms with Crippen LogP contribution >= 0.6 is 0 Å². The molecule has 0 N–H and O–H groups in total. The summed E-state index contributed by atoms with van der Waals surface area (Å²) in [6.07, 6.45) is 10.5. The van der Waals surface area contributed by atoms with E-state index in [-0.39, 0.29) is 0 Å². The molecule has 0 aromatic heterocycles. The maximum absolute atomic E-state index is 8.80. The van der Waals surface area contributed by atoms with E-state index in [1.165, 1.54) is 12.8 Å². The second kappa shape index (κ2) is 4.77. The van der Waals surface area contributed by atoms with Crippen LogP contribution in [0.15, 0.2) is 24.8 Å². The predicted octanol–water partition coefficient (Wildman–Crippen LogP) is 3.06. The normalized spacial score (nSPS) is 28.9. The van der Waals surface area contributed by atoms with Crippen molar-refractivity contribution in [1.29, 1.82) is 5.26 Å². The van der Waals surface area contributed by atoms with Gasteiger partial charge in [0.05, 0.1) is 6.07 Å². The molecule has 0 bridgehead atoms. The Kier molecular flexibility index (Phi) is 3.60. The molecular weight excluding hydrogens is 146 g/mol. The van der Waals surface area contributed by atoms with E-state index in [0.29, 0.717) is 11.8 Å². The molecule has 1 saturated carbocycles. The highest BCUT2D eigenvalue weighted by Crippen LogP contribution is 2.33. The predicted molar refractivity (Wildman–Crippen MR) is 50.4 cm³/mol. The number of hydrogen-bond donors (Lipinski definition) is 0. The van der Waals surface area contributed by atoms with E-state index in [4.69, 9.17) is 5.26 Å². The fraction of sp³-hybridized carbons (Fsp3) is 0.545. The van der Waals surface area contributed by atoms with Crippen molar-refractivity contribution in [2.45, 2.75) is 25.7 Å². The molecule has 0 amide bonds. The molecule has 64 valence electrons. The Morgan fingerprint density at radius 1 is 1.50 bits per heavy atom. The third kappa shape index (κ3) is 2.23. The zero-order chi connectivity index (χ0) is 8.81. The minimum atomic E-state index is 0.305. The number of rotatable bonds is 3. The second-order valence-electron chi connectivity index (χ2n) is 3.33. The van der Waals surface area contributed by atoms with Gasteiger partial charge in [0.2, 0.25) is 0 Å². The van der Waals surface area contributed by atoms with Gasteiger partial charge >= 0.3 is 0 Å². The highest BCUT2D eigenvalue weighted by atomic mass is 14.3. The Morgan fingerprint density at radius 2 is 2.33 bits per heavy atom. The van der Waals surface area contributed by atoms with Crippen LogP contribution in [0, 0.1) is 23.2 Å². The average Bonchev–Trinajstić information content (AvgIpc) is 2.52. The van der Waals surface area contributed by atoms with Crippen LogP contribution in [0.2, 0.25) is 0 Å². The lowest BCUT2D eigenvalue weighted by atomic mass is 9.94. The third-order valence-corrected chi connectivity index (χ3v) is 2.54. The van der Waals surface area contributed by atoms with Crippen LogP contribution < -0.4 is 0 Å². The summed E-state index contributed by atoms with van der Waals surface area (Å²) in [6, 6.07) is 2.38. The Balaban J connectivity index is 2.36. The molecule has 0 aliphatic heterocycles. The fourth-order valence-electron chi connectivity index (χ4n) is 1.84. The number of nitriles is 1. The molecule has 1 rings (SSSR count). The van der Waals surface area contributed by atoms with Crippen molar-refractivity contribution in [3.8, 4) is 6.07 Å². The maximum atomic E-state index is 8.80. The van der Waals surface area contributed by atoms with E-state index >= 15 is 0 Å². The van der Waals surface area contributed by atoms with Crippen LogP contribution in [-0.4, -0.2) is 0 Å². The van der Waals surface area contributed by atoms with Gasteiger partial charge in [0.25, 0.3) is 0 Å². The van der Waals surface area contributed by atoms with Gasteiger partial charge in [0.1, 0.15) is 0 Å². The molecule has 1 fully saturated rings. The SMILES string of the molecule is C=C/C=C\C[C@H]1CCC[C@@H]1C#N. The standard InChI is InChI=1S/C11H15N/c1-2-3-4-6-10-7-5-8-11(10)9-12/h2-4,10-11H,1,5-8H2/b4-3-/t10-,11+/m0/s1. The largest absolute Gasteiger partial charge is 0.198 e. The summed E-state index contributed by atoms with van der Waals surface area (Å²) in [5.74, 6) is 0.908. The van der Waals surface area contributed by atoms with E-state index in [9.17, 15) is 0 Å². The topological polar surface area (TPSA) is 23.8 Å². The van der Waals surface area contributed by atoms with E-state index in [1.54, 1.807) is 6.08 Å². The van der Waals surface area contributed by atoms with Gasteiger partial charge in [-0.3, -0.25) is 0 Å². The molecule has 2 atom stereocenters. The van der Waals surface area contributed by atoms with E-state index in [0.717, 1.165) is 12.8 Å². The van der Waals surface area contributed by atoms with Crippen molar-refractivity contribution in [2.24, 2.45) is 11.8 Å². The molecular formula is C11H15N. The summed E-state index contributed by atoms with van der Waals surface area (Å²) in [4.78, 5) is 0. The van der Waals surface area contributed by atoms with Crippen LogP contribution in [0.4, 0.5) is 0 Å². The number of nitrogens with zero attached hydrogens (tertiary/aromatic N) is 1. The van der Waals surface area contributed by atoms with Crippen molar-refractivity contribution in [2.75, 3.05) is 0 Å². The maximum Gasteiger partial charge on any atom is 0.0658 e. The highest BCUT2D eigenvalue weighted by molar-refractivity contribution is 5.01. The first-order valence-corrected chi connectivity index (χ1v) is 4.55. The van der Waals surface area contributed by atoms with Gasteiger partial charge in [-0.15, -0.1) is 0 Å². The molecule has 1 aliphatic carbocycles. The molecule has 0 saturated heterocycles. The van der Waals surface area contributed by atoms with Gasteiger partial charge in [0.15, 0.2) is 0 Å². The summed E-state index contributed by atoms with van der Waals surface area (Å²) in [5.41, 5.74) is 0. The summed E-state index contributed by atoms with van der Waals surface area (Å²) in [7, 11) is 0. The zero-order valence-electron chi connectivity index (χ0n) is 7.37. The van der Waals surface area contributed by atoms with E-state index in [1.807, 2.05) is 6.08 Å². The quantitative estimate of drug-likeness (QED) is 0.583. The molecule has 0 aromatic rings. The Morgan fingerprint density at radius 3 is 3.00 bits per heavy atom. The lowest BCUT2D eigenvalue weighted by Gasteiger charge is -2.08. The summed E-state index contributed by atoms with van der Waals surface area (Å²) in [5, 5.41) is 8.80. The Labute approximate surface area is 74.4 Å². The molecule has 1 aliphatic rings. The minimum Gasteiger partial charge on any atom is -0.198 e.